The minimum absolute atomic E-state index is 0.175. The number of nitrogens with zero attached hydrogens (tertiary/aromatic N) is 1. The molecule has 0 fully saturated rings. The first-order valence-electron chi connectivity index (χ1n) is 4.60. The normalized spacial score (nSPS) is 10.8. The molecule has 0 aliphatic heterocycles. The fourth-order valence-electron chi connectivity index (χ4n) is 1.43. The third-order valence-corrected chi connectivity index (χ3v) is 2.42. The van der Waals surface area contributed by atoms with Gasteiger partial charge in [-0.05, 0) is 18.7 Å². The molecule has 0 aliphatic rings. The van der Waals surface area contributed by atoms with E-state index in [9.17, 15) is 4.79 Å². The highest BCUT2D eigenvalue weighted by molar-refractivity contribution is 6.34. The molecule has 2 rings (SSSR count). The standard InChI is InChI=1S/C10H10ClN3O/c11-7-3-1-2-6-9(7)13-8(4-5-12)14-10(6)15/h1-3H,4-5,12H2,(H,13,14,15). The number of aromatic amines is 1. The van der Waals surface area contributed by atoms with Crippen LogP contribution in [0.4, 0.5) is 0 Å². The molecule has 0 spiro atoms. The van der Waals surface area contributed by atoms with Crippen molar-refractivity contribution in [3.8, 4) is 0 Å². The van der Waals surface area contributed by atoms with Gasteiger partial charge < -0.3 is 10.7 Å². The maximum atomic E-state index is 11.6. The molecule has 0 bridgehead atoms. The van der Waals surface area contributed by atoms with Gasteiger partial charge in [-0.1, -0.05) is 17.7 Å². The van der Waals surface area contributed by atoms with E-state index >= 15 is 0 Å². The predicted molar refractivity (Wildman–Crippen MR) is 60.1 cm³/mol. The summed E-state index contributed by atoms with van der Waals surface area (Å²) >= 11 is 5.95. The van der Waals surface area contributed by atoms with Gasteiger partial charge in [-0.2, -0.15) is 0 Å². The van der Waals surface area contributed by atoms with Crippen molar-refractivity contribution >= 4 is 22.5 Å². The number of fused-ring (bicyclic) bond motifs is 1. The van der Waals surface area contributed by atoms with Crippen molar-refractivity contribution in [3.63, 3.8) is 0 Å². The monoisotopic (exact) mass is 223 g/mol. The number of hydrogen-bond donors (Lipinski definition) is 2. The average molecular weight is 224 g/mol. The number of aromatic nitrogens is 2. The minimum Gasteiger partial charge on any atom is -0.330 e. The fourth-order valence-corrected chi connectivity index (χ4v) is 1.65. The Bertz CT molecular complexity index is 550. The Morgan fingerprint density at radius 1 is 1.47 bits per heavy atom. The van der Waals surface area contributed by atoms with E-state index in [1.165, 1.54) is 0 Å². The van der Waals surface area contributed by atoms with Gasteiger partial charge in [0, 0.05) is 6.42 Å². The SMILES string of the molecule is NCCc1nc2c(Cl)cccc2c(=O)[nH]1. The molecule has 1 heterocycles. The predicted octanol–water partition coefficient (Wildman–Crippen LogP) is 1.08. The zero-order valence-electron chi connectivity index (χ0n) is 7.96. The lowest BCUT2D eigenvalue weighted by Crippen LogP contribution is -2.15. The van der Waals surface area contributed by atoms with Crippen LogP contribution < -0.4 is 11.3 Å². The zero-order valence-corrected chi connectivity index (χ0v) is 8.71. The van der Waals surface area contributed by atoms with Gasteiger partial charge in [0.15, 0.2) is 0 Å². The third kappa shape index (κ3) is 1.86. The van der Waals surface area contributed by atoms with E-state index < -0.39 is 0 Å². The molecule has 5 heteroatoms. The first-order chi connectivity index (χ1) is 7.22. The van der Waals surface area contributed by atoms with Crippen molar-refractivity contribution in [1.29, 1.82) is 0 Å². The summed E-state index contributed by atoms with van der Waals surface area (Å²) in [6.07, 6.45) is 0.538. The van der Waals surface area contributed by atoms with Crippen LogP contribution in [0.2, 0.25) is 5.02 Å². The molecule has 2 aromatic rings. The molecule has 0 radical (unpaired) electrons. The lowest BCUT2D eigenvalue weighted by atomic mass is 10.2. The fraction of sp³-hybridized carbons (Fsp3) is 0.200. The highest BCUT2D eigenvalue weighted by Gasteiger charge is 2.05. The number of halogens is 1. The molecule has 4 nitrogen and oxygen atoms in total. The average Bonchev–Trinajstić information content (AvgIpc) is 2.20. The van der Waals surface area contributed by atoms with Crippen LogP contribution in [-0.4, -0.2) is 16.5 Å². The number of para-hydroxylation sites is 1. The Labute approximate surface area is 91.1 Å². The van der Waals surface area contributed by atoms with E-state index in [1.54, 1.807) is 18.2 Å². The van der Waals surface area contributed by atoms with E-state index in [4.69, 9.17) is 17.3 Å². The van der Waals surface area contributed by atoms with Crippen LogP contribution in [0, 0.1) is 0 Å². The number of benzene rings is 1. The van der Waals surface area contributed by atoms with Gasteiger partial charge in [0.2, 0.25) is 0 Å². The maximum Gasteiger partial charge on any atom is 0.258 e. The first kappa shape index (κ1) is 10.1. The van der Waals surface area contributed by atoms with E-state index in [2.05, 4.69) is 9.97 Å². The molecular formula is C10H10ClN3O. The summed E-state index contributed by atoms with van der Waals surface area (Å²) in [5.41, 5.74) is 5.76. The van der Waals surface area contributed by atoms with E-state index in [1.807, 2.05) is 0 Å². The van der Waals surface area contributed by atoms with Crippen LogP contribution in [0.5, 0.6) is 0 Å². The zero-order chi connectivity index (χ0) is 10.8. The lowest BCUT2D eigenvalue weighted by molar-refractivity contribution is 0.870. The molecule has 1 aromatic carbocycles. The summed E-state index contributed by atoms with van der Waals surface area (Å²) in [6, 6.07) is 5.13. The highest BCUT2D eigenvalue weighted by atomic mass is 35.5. The molecule has 0 atom stereocenters. The van der Waals surface area contributed by atoms with Gasteiger partial charge in [-0.3, -0.25) is 4.79 Å². The molecule has 78 valence electrons. The second kappa shape index (κ2) is 4.00. The van der Waals surface area contributed by atoms with Crippen molar-refractivity contribution in [2.24, 2.45) is 5.73 Å². The quantitative estimate of drug-likeness (QED) is 0.800. The molecule has 0 amide bonds. The number of hydrogen-bond acceptors (Lipinski definition) is 3. The Morgan fingerprint density at radius 2 is 2.27 bits per heavy atom. The minimum atomic E-state index is -0.175. The molecule has 15 heavy (non-hydrogen) atoms. The van der Waals surface area contributed by atoms with Gasteiger partial charge in [0.05, 0.1) is 15.9 Å². The number of H-pyrrole nitrogens is 1. The van der Waals surface area contributed by atoms with E-state index in [0.717, 1.165) is 0 Å². The molecule has 0 aliphatic carbocycles. The van der Waals surface area contributed by atoms with Gasteiger partial charge in [-0.15, -0.1) is 0 Å². The van der Waals surface area contributed by atoms with Gasteiger partial charge >= 0.3 is 0 Å². The van der Waals surface area contributed by atoms with Crippen LogP contribution in [0.1, 0.15) is 5.82 Å². The van der Waals surface area contributed by atoms with Crippen molar-refractivity contribution in [2.75, 3.05) is 6.54 Å². The van der Waals surface area contributed by atoms with E-state index in [-0.39, 0.29) is 5.56 Å². The van der Waals surface area contributed by atoms with Crippen LogP contribution in [-0.2, 0) is 6.42 Å². The molecule has 1 aromatic heterocycles. The van der Waals surface area contributed by atoms with Crippen LogP contribution >= 0.6 is 11.6 Å². The van der Waals surface area contributed by atoms with Crippen molar-refractivity contribution in [1.82, 2.24) is 9.97 Å². The van der Waals surface area contributed by atoms with Crippen molar-refractivity contribution < 1.29 is 0 Å². The maximum absolute atomic E-state index is 11.6. The Kier molecular flexibility index (Phi) is 2.70. The van der Waals surface area contributed by atoms with Crippen LogP contribution in [0.15, 0.2) is 23.0 Å². The number of nitrogens with one attached hydrogen (secondary N) is 1. The summed E-state index contributed by atoms with van der Waals surface area (Å²) in [6.45, 7) is 0.443. The third-order valence-electron chi connectivity index (χ3n) is 2.12. The van der Waals surface area contributed by atoms with Crippen molar-refractivity contribution in [2.45, 2.75) is 6.42 Å². The lowest BCUT2D eigenvalue weighted by Gasteiger charge is -2.02. The van der Waals surface area contributed by atoms with Gasteiger partial charge in [-0.25, -0.2) is 4.98 Å². The molecular weight excluding hydrogens is 214 g/mol. The topological polar surface area (TPSA) is 71.8 Å². The van der Waals surface area contributed by atoms with Gasteiger partial charge in [0.1, 0.15) is 5.82 Å². The second-order valence-electron chi connectivity index (χ2n) is 3.19. The molecule has 0 unspecified atom stereocenters. The molecule has 0 saturated heterocycles. The smallest absolute Gasteiger partial charge is 0.258 e. The number of nitrogens with two attached hydrogens (primary N) is 1. The van der Waals surface area contributed by atoms with E-state index in [0.29, 0.717) is 34.7 Å². The van der Waals surface area contributed by atoms with Crippen LogP contribution in [0.25, 0.3) is 10.9 Å². The largest absolute Gasteiger partial charge is 0.330 e. The van der Waals surface area contributed by atoms with Crippen molar-refractivity contribution in [3.05, 3.63) is 39.4 Å². The highest BCUT2D eigenvalue weighted by Crippen LogP contribution is 2.18. The first-order valence-corrected chi connectivity index (χ1v) is 4.97. The molecule has 3 N–H and O–H groups in total. The summed E-state index contributed by atoms with van der Waals surface area (Å²) in [5.74, 6) is 0.572. The second-order valence-corrected chi connectivity index (χ2v) is 3.59. The Morgan fingerprint density at radius 3 is 3.00 bits per heavy atom. The number of rotatable bonds is 2. The van der Waals surface area contributed by atoms with Gasteiger partial charge in [0.25, 0.3) is 5.56 Å². The molecule has 0 saturated carbocycles. The summed E-state index contributed by atoms with van der Waals surface area (Å²) in [7, 11) is 0. The Balaban J connectivity index is 2.74. The summed E-state index contributed by atoms with van der Waals surface area (Å²) < 4.78 is 0. The Hall–Kier alpha value is -1.39. The summed E-state index contributed by atoms with van der Waals surface area (Å²) in [4.78, 5) is 18.6. The summed E-state index contributed by atoms with van der Waals surface area (Å²) in [5, 5.41) is 0.986. The van der Waals surface area contributed by atoms with Crippen LogP contribution in [0.3, 0.4) is 0 Å².